The summed E-state index contributed by atoms with van der Waals surface area (Å²) in [6.07, 6.45) is 4.80. The first-order valence-electron chi connectivity index (χ1n) is 10.7. The molecule has 0 spiro atoms. The molecule has 3 aromatic rings. The SMILES string of the molecule is CCN(C(=O)C(C)OC(=O)c1cc2c(s1)CCCCC2)c1cccc2ccccc12. The number of carbonyl (C=O) groups excluding carboxylic acids is 2. The van der Waals surface area contributed by atoms with E-state index in [4.69, 9.17) is 4.74 Å². The Kier molecular flexibility index (Phi) is 6.18. The topological polar surface area (TPSA) is 46.6 Å². The molecule has 2 aromatic carbocycles. The fourth-order valence-corrected chi connectivity index (χ4v) is 5.28. The van der Waals surface area contributed by atoms with E-state index >= 15 is 0 Å². The molecule has 0 radical (unpaired) electrons. The lowest BCUT2D eigenvalue weighted by Crippen LogP contribution is -2.40. The molecule has 0 fully saturated rings. The molecule has 4 rings (SSSR count). The summed E-state index contributed by atoms with van der Waals surface area (Å²) in [5.41, 5.74) is 2.11. The molecule has 30 heavy (non-hydrogen) atoms. The number of hydrogen-bond acceptors (Lipinski definition) is 4. The number of fused-ring (bicyclic) bond motifs is 2. The lowest BCUT2D eigenvalue weighted by Gasteiger charge is -2.25. The first-order chi connectivity index (χ1) is 14.6. The van der Waals surface area contributed by atoms with E-state index in [0.717, 1.165) is 29.3 Å². The van der Waals surface area contributed by atoms with Crippen LogP contribution in [0.25, 0.3) is 10.8 Å². The summed E-state index contributed by atoms with van der Waals surface area (Å²) in [6, 6.07) is 15.9. The summed E-state index contributed by atoms with van der Waals surface area (Å²) < 4.78 is 5.60. The van der Waals surface area contributed by atoms with Gasteiger partial charge in [-0.3, -0.25) is 4.79 Å². The molecule has 5 heteroatoms. The van der Waals surface area contributed by atoms with Gasteiger partial charge in [-0.25, -0.2) is 4.79 Å². The van der Waals surface area contributed by atoms with Crippen LogP contribution in [0, 0.1) is 0 Å². The second-order valence-corrected chi connectivity index (χ2v) is 8.88. The fourth-order valence-electron chi connectivity index (χ4n) is 4.15. The van der Waals surface area contributed by atoms with Gasteiger partial charge in [0.15, 0.2) is 6.10 Å². The average Bonchev–Trinajstić information content (AvgIpc) is 3.05. The first kappa shape index (κ1) is 20.6. The maximum absolute atomic E-state index is 13.2. The number of hydrogen-bond donors (Lipinski definition) is 0. The fraction of sp³-hybridized carbons (Fsp3) is 0.360. The molecule has 0 saturated heterocycles. The summed E-state index contributed by atoms with van der Waals surface area (Å²) in [7, 11) is 0. The van der Waals surface area contributed by atoms with Crippen LogP contribution in [0.2, 0.25) is 0 Å². The summed E-state index contributed by atoms with van der Waals surface area (Å²) in [4.78, 5) is 29.5. The maximum atomic E-state index is 13.2. The van der Waals surface area contributed by atoms with Crippen molar-refractivity contribution in [1.29, 1.82) is 0 Å². The average molecular weight is 422 g/mol. The van der Waals surface area contributed by atoms with Crippen LogP contribution in [0.1, 0.15) is 53.2 Å². The molecule has 1 unspecified atom stereocenters. The number of esters is 1. The number of rotatable bonds is 5. The van der Waals surface area contributed by atoms with Crippen molar-refractivity contribution in [3.8, 4) is 0 Å². The molecule has 0 saturated carbocycles. The van der Waals surface area contributed by atoms with E-state index in [-0.39, 0.29) is 5.91 Å². The summed E-state index contributed by atoms with van der Waals surface area (Å²) in [6.45, 7) is 4.10. The molecule has 1 atom stereocenters. The zero-order valence-electron chi connectivity index (χ0n) is 17.5. The predicted octanol–water partition coefficient (Wildman–Crippen LogP) is 5.77. The van der Waals surface area contributed by atoms with Crippen molar-refractivity contribution in [1.82, 2.24) is 0 Å². The molecular formula is C25H27NO3S. The van der Waals surface area contributed by atoms with Crippen molar-refractivity contribution in [2.24, 2.45) is 0 Å². The van der Waals surface area contributed by atoms with Gasteiger partial charge in [0.1, 0.15) is 4.88 Å². The van der Waals surface area contributed by atoms with Crippen LogP contribution >= 0.6 is 11.3 Å². The molecular weight excluding hydrogens is 394 g/mol. The van der Waals surface area contributed by atoms with Crippen molar-refractivity contribution in [3.63, 3.8) is 0 Å². The Hall–Kier alpha value is -2.66. The Morgan fingerprint density at radius 1 is 1.07 bits per heavy atom. The van der Waals surface area contributed by atoms with Gasteiger partial charge in [0.25, 0.3) is 5.91 Å². The molecule has 0 aliphatic heterocycles. The number of likely N-dealkylation sites (N-methyl/N-ethyl adjacent to an activating group) is 1. The van der Waals surface area contributed by atoms with Crippen LogP contribution < -0.4 is 4.90 Å². The lowest BCUT2D eigenvalue weighted by atomic mass is 10.1. The van der Waals surface area contributed by atoms with Crippen LogP contribution in [0.15, 0.2) is 48.5 Å². The van der Waals surface area contributed by atoms with E-state index in [1.54, 1.807) is 11.8 Å². The van der Waals surface area contributed by atoms with Crippen LogP contribution in [0.3, 0.4) is 0 Å². The number of anilines is 1. The molecule has 4 nitrogen and oxygen atoms in total. The van der Waals surface area contributed by atoms with Crippen molar-refractivity contribution in [2.75, 3.05) is 11.4 Å². The predicted molar refractivity (Wildman–Crippen MR) is 122 cm³/mol. The minimum absolute atomic E-state index is 0.208. The smallest absolute Gasteiger partial charge is 0.349 e. The zero-order chi connectivity index (χ0) is 21.1. The normalized spacial score (nSPS) is 14.6. The van der Waals surface area contributed by atoms with Gasteiger partial charge in [-0.15, -0.1) is 11.3 Å². The highest BCUT2D eigenvalue weighted by molar-refractivity contribution is 7.14. The zero-order valence-corrected chi connectivity index (χ0v) is 18.3. The van der Waals surface area contributed by atoms with E-state index in [9.17, 15) is 9.59 Å². The van der Waals surface area contributed by atoms with E-state index in [1.807, 2.05) is 55.5 Å². The Labute approximate surface area is 181 Å². The van der Waals surface area contributed by atoms with Gasteiger partial charge in [-0.05, 0) is 62.6 Å². The van der Waals surface area contributed by atoms with Gasteiger partial charge in [-0.1, -0.05) is 42.8 Å². The van der Waals surface area contributed by atoms with E-state index in [0.29, 0.717) is 11.4 Å². The number of aryl methyl sites for hydroxylation is 2. The second-order valence-electron chi connectivity index (χ2n) is 7.75. The summed E-state index contributed by atoms with van der Waals surface area (Å²) >= 11 is 1.52. The number of carbonyl (C=O) groups is 2. The van der Waals surface area contributed by atoms with Crippen molar-refractivity contribution in [2.45, 2.75) is 52.1 Å². The number of ether oxygens (including phenoxy) is 1. The highest BCUT2D eigenvalue weighted by Crippen LogP contribution is 2.30. The minimum Gasteiger partial charge on any atom is -0.448 e. The molecule has 1 amide bonds. The molecule has 1 aliphatic rings. The van der Waals surface area contributed by atoms with Crippen molar-refractivity contribution < 1.29 is 14.3 Å². The van der Waals surface area contributed by atoms with E-state index in [2.05, 4.69) is 0 Å². The number of amides is 1. The van der Waals surface area contributed by atoms with E-state index in [1.165, 1.54) is 41.0 Å². The third-order valence-corrected chi connectivity index (χ3v) is 6.94. The Bertz CT molecular complexity index is 1040. The van der Waals surface area contributed by atoms with Crippen LogP contribution in [-0.4, -0.2) is 24.5 Å². The molecule has 0 N–H and O–H groups in total. The summed E-state index contributed by atoms with van der Waals surface area (Å²) in [5, 5.41) is 2.08. The minimum atomic E-state index is -0.849. The highest BCUT2D eigenvalue weighted by atomic mass is 32.1. The highest BCUT2D eigenvalue weighted by Gasteiger charge is 2.27. The van der Waals surface area contributed by atoms with Crippen LogP contribution in [0.5, 0.6) is 0 Å². The number of thiophene rings is 1. The number of benzene rings is 2. The molecule has 156 valence electrons. The van der Waals surface area contributed by atoms with Gasteiger partial charge in [0, 0.05) is 16.8 Å². The lowest BCUT2D eigenvalue weighted by molar-refractivity contribution is -0.126. The van der Waals surface area contributed by atoms with Gasteiger partial charge < -0.3 is 9.64 Å². The van der Waals surface area contributed by atoms with Gasteiger partial charge in [0.2, 0.25) is 0 Å². The second kappa shape index (κ2) is 9.00. The summed E-state index contributed by atoms with van der Waals surface area (Å²) in [5.74, 6) is -0.608. The molecule has 1 aliphatic carbocycles. The Balaban J connectivity index is 1.51. The van der Waals surface area contributed by atoms with Gasteiger partial charge in [0.05, 0.1) is 5.69 Å². The third kappa shape index (κ3) is 4.12. The molecule has 0 bridgehead atoms. The van der Waals surface area contributed by atoms with Gasteiger partial charge >= 0.3 is 5.97 Å². The van der Waals surface area contributed by atoms with Gasteiger partial charge in [-0.2, -0.15) is 0 Å². The van der Waals surface area contributed by atoms with Crippen molar-refractivity contribution >= 4 is 39.7 Å². The Morgan fingerprint density at radius 2 is 1.83 bits per heavy atom. The Morgan fingerprint density at radius 3 is 2.67 bits per heavy atom. The van der Waals surface area contributed by atoms with Crippen molar-refractivity contribution in [3.05, 3.63) is 63.8 Å². The monoisotopic (exact) mass is 421 g/mol. The van der Waals surface area contributed by atoms with Crippen LogP contribution in [0.4, 0.5) is 5.69 Å². The van der Waals surface area contributed by atoms with Crippen LogP contribution in [-0.2, 0) is 22.4 Å². The third-order valence-electron chi connectivity index (χ3n) is 5.72. The number of nitrogens with zero attached hydrogens (tertiary/aromatic N) is 1. The molecule has 1 heterocycles. The largest absolute Gasteiger partial charge is 0.448 e. The first-order valence-corrected chi connectivity index (χ1v) is 11.5. The standard InChI is InChI=1S/C25H27NO3S/c1-3-26(21-14-9-12-18-10-7-8-13-20(18)21)24(27)17(2)29-25(28)23-16-19-11-5-4-6-15-22(19)30-23/h7-10,12-14,16-17H,3-6,11,15H2,1-2H3. The maximum Gasteiger partial charge on any atom is 0.349 e. The molecule has 1 aromatic heterocycles. The quantitative estimate of drug-likeness (QED) is 0.388. The van der Waals surface area contributed by atoms with E-state index < -0.39 is 12.1 Å².